The molecule has 1 saturated carbocycles. The van der Waals surface area contributed by atoms with Gasteiger partial charge in [-0.2, -0.15) is 13.2 Å². The van der Waals surface area contributed by atoms with Gasteiger partial charge < -0.3 is 24.9 Å². The Hall–Kier alpha value is -3.11. The molecule has 3 amide bonds. The number of piperazine rings is 1. The van der Waals surface area contributed by atoms with Gasteiger partial charge in [-0.15, -0.1) is 0 Å². The lowest BCUT2D eigenvalue weighted by Gasteiger charge is -2.47. The molecule has 2 atom stereocenters. The highest BCUT2D eigenvalue weighted by atomic mass is 19.4. The second kappa shape index (κ2) is 10.4. The summed E-state index contributed by atoms with van der Waals surface area (Å²) in [7, 11) is 1.65. The first-order valence-corrected chi connectivity index (χ1v) is 13.8. The maximum atomic E-state index is 14.3. The molecular weight excluding hydrogens is 523 g/mol. The van der Waals surface area contributed by atoms with E-state index in [2.05, 4.69) is 0 Å². The number of carbonyl (C=O) groups is 2. The van der Waals surface area contributed by atoms with Crippen LogP contribution in [0.15, 0.2) is 48.5 Å². The van der Waals surface area contributed by atoms with E-state index < -0.39 is 28.7 Å². The standard InChI is InChI=1S/C30H36F3N3O4/c1-20-6-3-4-9-23(20)25-24-19-28(12-16-37,13-17-38)26(39)35(24)14-15-36(25)27(40)34(2)29(10-11-29)21-7-5-8-22(18-21)30(31,32)33/h3-9,18,24-25,37-38H,10-17,19H2,1-2H3/t24-,25-/m0/s1. The topological polar surface area (TPSA) is 84.3 Å². The highest BCUT2D eigenvalue weighted by Crippen LogP contribution is 2.53. The van der Waals surface area contributed by atoms with Crippen molar-refractivity contribution in [2.45, 2.75) is 62.8 Å². The fourth-order valence-corrected chi connectivity index (χ4v) is 6.94. The summed E-state index contributed by atoms with van der Waals surface area (Å²) >= 11 is 0. The van der Waals surface area contributed by atoms with Crippen molar-refractivity contribution in [3.05, 3.63) is 70.8 Å². The van der Waals surface area contributed by atoms with Gasteiger partial charge in [-0.3, -0.25) is 4.79 Å². The van der Waals surface area contributed by atoms with Gasteiger partial charge in [-0.05, 0) is 67.9 Å². The van der Waals surface area contributed by atoms with Crippen molar-refractivity contribution in [1.29, 1.82) is 0 Å². The smallest absolute Gasteiger partial charge is 0.396 e. The van der Waals surface area contributed by atoms with E-state index in [1.54, 1.807) is 27.8 Å². The fraction of sp³-hybridized carbons (Fsp3) is 0.533. The van der Waals surface area contributed by atoms with E-state index >= 15 is 0 Å². The van der Waals surface area contributed by atoms with Crippen molar-refractivity contribution >= 4 is 11.9 Å². The third-order valence-corrected chi connectivity index (χ3v) is 9.31. The van der Waals surface area contributed by atoms with Gasteiger partial charge in [0, 0.05) is 33.4 Å². The minimum Gasteiger partial charge on any atom is -0.396 e. The minimum atomic E-state index is -4.48. The summed E-state index contributed by atoms with van der Waals surface area (Å²) in [5.41, 5.74) is -0.144. The fourth-order valence-electron chi connectivity index (χ4n) is 6.94. The summed E-state index contributed by atoms with van der Waals surface area (Å²) in [6, 6.07) is 11.8. The summed E-state index contributed by atoms with van der Waals surface area (Å²) in [6.45, 7) is 2.15. The van der Waals surface area contributed by atoms with Gasteiger partial charge in [0.1, 0.15) is 0 Å². The predicted octanol–water partition coefficient (Wildman–Crippen LogP) is 4.46. The van der Waals surface area contributed by atoms with Gasteiger partial charge in [0.2, 0.25) is 5.91 Å². The number of alkyl halides is 3. The molecule has 2 saturated heterocycles. The summed E-state index contributed by atoms with van der Waals surface area (Å²) in [4.78, 5) is 33.1. The van der Waals surface area contributed by atoms with Crippen molar-refractivity contribution in [2.24, 2.45) is 5.41 Å². The minimum absolute atomic E-state index is 0.109. The number of hydrogen-bond donors (Lipinski definition) is 2. The molecule has 0 aromatic heterocycles. The van der Waals surface area contributed by atoms with E-state index in [-0.39, 0.29) is 50.6 Å². The first-order valence-electron chi connectivity index (χ1n) is 13.8. The molecule has 7 nitrogen and oxygen atoms in total. The van der Waals surface area contributed by atoms with Gasteiger partial charge >= 0.3 is 12.2 Å². The van der Waals surface area contributed by atoms with E-state index in [4.69, 9.17) is 0 Å². The molecule has 0 bridgehead atoms. The van der Waals surface area contributed by atoms with Crippen LogP contribution in [0.1, 0.15) is 60.4 Å². The normalized spacial score (nSPS) is 23.2. The number of aliphatic hydroxyl groups is 2. The Bertz CT molecular complexity index is 1270. The molecule has 0 spiro atoms. The highest BCUT2D eigenvalue weighted by Gasteiger charge is 2.58. The lowest BCUT2D eigenvalue weighted by Crippen LogP contribution is -2.58. The molecule has 2 heterocycles. The number of hydrogen-bond acceptors (Lipinski definition) is 4. The van der Waals surface area contributed by atoms with Gasteiger partial charge in [0.25, 0.3) is 0 Å². The lowest BCUT2D eigenvalue weighted by atomic mass is 9.77. The molecule has 3 fully saturated rings. The predicted molar refractivity (Wildman–Crippen MR) is 142 cm³/mol. The average molecular weight is 560 g/mol. The maximum Gasteiger partial charge on any atom is 0.416 e. The number of carbonyl (C=O) groups excluding carboxylic acids is 2. The number of aryl methyl sites for hydroxylation is 1. The number of fused-ring (bicyclic) bond motifs is 1. The number of halogens is 3. The number of benzene rings is 2. The van der Waals surface area contributed by atoms with Crippen molar-refractivity contribution in [2.75, 3.05) is 33.4 Å². The molecule has 40 heavy (non-hydrogen) atoms. The second-order valence-corrected chi connectivity index (χ2v) is 11.4. The molecule has 5 rings (SSSR count). The van der Waals surface area contributed by atoms with E-state index in [0.29, 0.717) is 31.4 Å². The Labute approximate surface area is 232 Å². The highest BCUT2D eigenvalue weighted by molar-refractivity contribution is 5.86. The van der Waals surface area contributed by atoms with Crippen LogP contribution in [0.5, 0.6) is 0 Å². The Balaban J connectivity index is 1.51. The van der Waals surface area contributed by atoms with E-state index in [1.807, 2.05) is 31.2 Å². The molecule has 2 aromatic rings. The van der Waals surface area contributed by atoms with Crippen molar-refractivity contribution in [3.8, 4) is 0 Å². The van der Waals surface area contributed by atoms with Gasteiger partial charge in [-0.25, -0.2) is 4.79 Å². The lowest BCUT2D eigenvalue weighted by molar-refractivity contribution is -0.140. The monoisotopic (exact) mass is 559 g/mol. The molecule has 0 radical (unpaired) electrons. The SMILES string of the molecule is Cc1ccccc1[C@H]1[C@@H]2CC(CCO)(CCO)C(=O)N2CCN1C(=O)N(C)C1(c2cccc(C(F)(F)F)c2)CC1. The zero-order valence-electron chi connectivity index (χ0n) is 22.8. The zero-order valence-corrected chi connectivity index (χ0v) is 22.8. The summed E-state index contributed by atoms with van der Waals surface area (Å²) < 4.78 is 40.4. The molecule has 2 aliphatic heterocycles. The average Bonchev–Trinajstić information content (AvgIpc) is 3.69. The second-order valence-electron chi connectivity index (χ2n) is 11.4. The Morgan fingerprint density at radius 2 is 1.73 bits per heavy atom. The molecule has 1 aliphatic carbocycles. The Morgan fingerprint density at radius 1 is 1.05 bits per heavy atom. The molecule has 10 heteroatoms. The van der Waals surface area contributed by atoms with E-state index in [9.17, 15) is 33.0 Å². The summed E-state index contributed by atoms with van der Waals surface area (Å²) in [5.74, 6) is -0.109. The molecule has 2 aromatic carbocycles. The van der Waals surface area contributed by atoms with Crippen LogP contribution in [0, 0.1) is 12.3 Å². The largest absolute Gasteiger partial charge is 0.416 e. The van der Waals surface area contributed by atoms with Crippen LogP contribution in [0.2, 0.25) is 0 Å². The molecule has 3 aliphatic rings. The van der Waals surface area contributed by atoms with Gasteiger partial charge in [0.15, 0.2) is 0 Å². The first kappa shape index (κ1) is 28.4. The number of nitrogens with zero attached hydrogens (tertiary/aromatic N) is 3. The van der Waals surface area contributed by atoms with Crippen molar-refractivity contribution in [3.63, 3.8) is 0 Å². The summed E-state index contributed by atoms with van der Waals surface area (Å²) in [6.07, 6.45) is -2.52. The number of amides is 3. The maximum absolute atomic E-state index is 14.3. The van der Waals surface area contributed by atoms with E-state index in [1.165, 1.54) is 6.07 Å². The van der Waals surface area contributed by atoms with E-state index in [0.717, 1.165) is 23.3 Å². The third kappa shape index (κ3) is 4.64. The third-order valence-electron chi connectivity index (χ3n) is 9.31. The van der Waals surface area contributed by atoms with Crippen LogP contribution < -0.4 is 0 Å². The van der Waals surface area contributed by atoms with Crippen molar-refractivity contribution < 1.29 is 33.0 Å². The van der Waals surface area contributed by atoms with Gasteiger partial charge in [-0.1, -0.05) is 36.4 Å². The zero-order chi connectivity index (χ0) is 28.9. The number of rotatable bonds is 7. The van der Waals surface area contributed by atoms with Crippen LogP contribution in [0.25, 0.3) is 0 Å². The first-order chi connectivity index (χ1) is 19.0. The van der Waals surface area contributed by atoms with Gasteiger partial charge in [0.05, 0.1) is 28.6 Å². The number of aliphatic hydroxyl groups excluding tert-OH is 2. The molecule has 0 unspecified atom stereocenters. The summed E-state index contributed by atoms with van der Waals surface area (Å²) in [5, 5.41) is 19.6. The molecule has 216 valence electrons. The van der Waals surface area contributed by atoms with Crippen LogP contribution in [0.3, 0.4) is 0 Å². The Kier molecular flexibility index (Phi) is 7.37. The van der Waals surface area contributed by atoms with Crippen molar-refractivity contribution in [1.82, 2.24) is 14.7 Å². The molecule has 2 N–H and O–H groups in total. The number of urea groups is 1. The Morgan fingerprint density at radius 3 is 2.33 bits per heavy atom. The molecular formula is C30H36F3N3O4. The van der Waals surface area contributed by atoms with Crippen LogP contribution >= 0.6 is 0 Å². The van der Waals surface area contributed by atoms with Crippen LogP contribution in [-0.4, -0.2) is 76.2 Å². The quantitative estimate of drug-likeness (QED) is 0.525. The van der Waals surface area contributed by atoms with Crippen LogP contribution in [-0.2, 0) is 16.5 Å². The van der Waals surface area contributed by atoms with Crippen LogP contribution in [0.4, 0.5) is 18.0 Å².